The Bertz CT molecular complexity index is 680. The number of azide groups is 1. The highest BCUT2D eigenvalue weighted by Gasteiger charge is 2.27. The molecular formula is C14H20Cl2N4O2S. The SMILES string of the molecule is CCCCN(CCCC)S(=O)(=O)c1cc(Cl)c(N=[N+]=[N-])cc1Cl. The molecule has 0 aliphatic heterocycles. The molecule has 1 rings (SSSR count). The monoisotopic (exact) mass is 378 g/mol. The van der Waals surface area contributed by atoms with Gasteiger partial charge in [-0.15, -0.1) is 0 Å². The lowest BCUT2D eigenvalue weighted by atomic mass is 10.3. The van der Waals surface area contributed by atoms with Crippen LogP contribution in [0.5, 0.6) is 0 Å². The summed E-state index contributed by atoms with van der Waals surface area (Å²) < 4.78 is 27.2. The Hall–Kier alpha value is -0.980. The van der Waals surface area contributed by atoms with E-state index >= 15 is 0 Å². The minimum atomic E-state index is -3.75. The molecule has 23 heavy (non-hydrogen) atoms. The van der Waals surface area contributed by atoms with Crippen LogP contribution < -0.4 is 0 Å². The molecule has 0 heterocycles. The maximum Gasteiger partial charge on any atom is 0.244 e. The molecule has 0 atom stereocenters. The Morgan fingerprint density at radius 1 is 1.13 bits per heavy atom. The molecule has 0 fully saturated rings. The van der Waals surface area contributed by atoms with Gasteiger partial charge in [0.15, 0.2) is 0 Å². The molecule has 0 saturated heterocycles. The molecule has 9 heteroatoms. The van der Waals surface area contributed by atoms with E-state index in [1.54, 1.807) is 0 Å². The lowest BCUT2D eigenvalue weighted by Crippen LogP contribution is -2.33. The van der Waals surface area contributed by atoms with E-state index in [1.165, 1.54) is 16.4 Å². The first-order valence-electron chi connectivity index (χ1n) is 7.42. The fourth-order valence-corrected chi connectivity index (χ4v) is 4.31. The van der Waals surface area contributed by atoms with Crippen LogP contribution in [-0.4, -0.2) is 25.8 Å². The van der Waals surface area contributed by atoms with Crippen molar-refractivity contribution < 1.29 is 8.42 Å². The normalized spacial score (nSPS) is 11.5. The summed E-state index contributed by atoms with van der Waals surface area (Å²) in [4.78, 5) is 2.58. The molecule has 1 aromatic carbocycles. The van der Waals surface area contributed by atoms with Crippen LogP contribution in [0.4, 0.5) is 5.69 Å². The first-order valence-corrected chi connectivity index (χ1v) is 9.62. The Balaban J connectivity index is 3.27. The van der Waals surface area contributed by atoms with E-state index in [9.17, 15) is 8.42 Å². The molecule has 0 N–H and O–H groups in total. The van der Waals surface area contributed by atoms with E-state index in [0.717, 1.165) is 25.7 Å². The van der Waals surface area contributed by atoms with Gasteiger partial charge in [-0.2, -0.15) is 4.31 Å². The maximum atomic E-state index is 12.9. The Labute approximate surface area is 147 Å². The number of unbranched alkanes of at least 4 members (excludes halogenated alkanes) is 2. The molecule has 0 unspecified atom stereocenters. The largest absolute Gasteiger partial charge is 0.244 e. The summed E-state index contributed by atoms with van der Waals surface area (Å²) in [6, 6.07) is 2.52. The van der Waals surface area contributed by atoms with Crippen molar-refractivity contribution in [2.45, 2.75) is 44.4 Å². The first-order chi connectivity index (χ1) is 10.9. The van der Waals surface area contributed by atoms with Crippen molar-refractivity contribution in [3.05, 3.63) is 32.6 Å². The lowest BCUT2D eigenvalue weighted by molar-refractivity contribution is 0.395. The molecule has 0 saturated carbocycles. The fraction of sp³-hybridized carbons (Fsp3) is 0.571. The second-order valence-electron chi connectivity index (χ2n) is 5.03. The zero-order chi connectivity index (χ0) is 17.5. The van der Waals surface area contributed by atoms with Crippen molar-refractivity contribution in [2.24, 2.45) is 5.11 Å². The molecule has 0 aliphatic rings. The van der Waals surface area contributed by atoms with E-state index in [-0.39, 0.29) is 20.6 Å². The minimum absolute atomic E-state index is 0.00482. The highest BCUT2D eigenvalue weighted by molar-refractivity contribution is 7.89. The molecular weight excluding hydrogens is 359 g/mol. The third kappa shape index (κ3) is 5.26. The van der Waals surface area contributed by atoms with Gasteiger partial charge in [0, 0.05) is 18.0 Å². The van der Waals surface area contributed by atoms with E-state index in [1.807, 2.05) is 13.8 Å². The molecule has 0 aromatic heterocycles. The first kappa shape index (κ1) is 20.1. The summed E-state index contributed by atoms with van der Waals surface area (Å²) in [5.41, 5.74) is 8.58. The van der Waals surface area contributed by atoms with Gasteiger partial charge in [-0.1, -0.05) is 55.0 Å². The number of hydrogen-bond acceptors (Lipinski definition) is 3. The van der Waals surface area contributed by atoms with Crippen LogP contribution in [0.15, 0.2) is 22.1 Å². The summed E-state index contributed by atoms with van der Waals surface area (Å²) in [6.45, 7) is 4.88. The molecule has 6 nitrogen and oxygen atoms in total. The van der Waals surface area contributed by atoms with Gasteiger partial charge < -0.3 is 0 Å². The van der Waals surface area contributed by atoms with Crippen molar-refractivity contribution in [3.63, 3.8) is 0 Å². The summed E-state index contributed by atoms with van der Waals surface area (Å²) in [6.07, 6.45) is 3.32. The van der Waals surface area contributed by atoms with Crippen LogP contribution in [-0.2, 0) is 10.0 Å². The number of nitrogens with zero attached hydrogens (tertiary/aromatic N) is 4. The second kappa shape index (κ2) is 9.35. The number of hydrogen-bond donors (Lipinski definition) is 0. The molecule has 0 bridgehead atoms. The maximum absolute atomic E-state index is 12.9. The van der Waals surface area contributed by atoms with Crippen molar-refractivity contribution in [1.82, 2.24) is 4.31 Å². The van der Waals surface area contributed by atoms with Crippen LogP contribution in [0.3, 0.4) is 0 Å². The highest BCUT2D eigenvalue weighted by atomic mass is 35.5. The molecule has 0 amide bonds. The standard InChI is InChI=1S/C14H20Cl2N4O2S/c1-3-5-7-20(8-6-4-2)23(21,22)14-10-11(15)13(18-19-17)9-12(14)16/h9-10H,3-8H2,1-2H3. The second-order valence-corrected chi connectivity index (χ2v) is 7.76. The van der Waals surface area contributed by atoms with Crippen LogP contribution >= 0.6 is 23.2 Å². The van der Waals surface area contributed by atoms with Gasteiger partial charge in [0.2, 0.25) is 10.0 Å². The third-order valence-corrected chi connectivity index (χ3v) is 5.96. The zero-order valence-corrected chi connectivity index (χ0v) is 15.5. The molecule has 128 valence electrons. The van der Waals surface area contributed by atoms with Crippen molar-refractivity contribution >= 4 is 38.9 Å². The molecule has 1 aromatic rings. The van der Waals surface area contributed by atoms with Crippen molar-refractivity contribution in [2.75, 3.05) is 13.1 Å². The minimum Gasteiger partial charge on any atom is -0.207 e. The highest BCUT2D eigenvalue weighted by Crippen LogP contribution is 2.35. The van der Waals surface area contributed by atoms with Crippen molar-refractivity contribution in [3.8, 4) is 0 Å². The van der Waals surface area contributed by atoms with Gasteiger partial charge in [0.1, 0.15) is 4.90 Å². The average molecular weight is 379 g/mol. The third-order valence-electron chi connectivity index (χ3n) is 3.29. The van der Waals surface area contributed by atoms with Gasteiger partial charge in [-0.05, 0) is 30.5 Å². The number of halogens is 2. The Kier molecular flexibility index (Phi) is 8.16. The van der Waals surface area contributed by atoms with E-state index in [2.05, 4.69) is 10.0 Å². The number of benzene rings is 1. The summed E-state index contributed by atoms with van der Waals surface area (Å²) >= 11 is 12.1. The molecule has 0 spiro atoms. The van der Waals surface area contributed by atoms with Gasteiger partial charge >= 0.3 is 0 Å². The topological polar surface area (TPSA) is 86.1 Å². The zero-order valence-electron chi connectivity index (χ0n) is 13.2. The predicted octanol–water partition coefficient (Wildman–Crippen LogP) is 5.53. The van der Waals surface area contributed by atoms with E-state index in [0.29, 0.717) is 13.1 Å². The van der Waals surface area contributed by atoms with Crippen LogP contribution in [0, 0.1) is 0 Å². The summed E-state index contributed by atoms with van der Waals surface area (Å²) in [5, 5.41) is 3.44. The Morgan fingerprint density at radius 3 is 2.17 bits per heavy atom. The van der Waals surface area contributed by atoms with Gasteiger partial charge in [0.05, 0.1) is 15.7 Å². The van der Waals surface area contributed by atoms with Gasteiger partial charge in [0.25, 0.3) is 0 Å². The smallest absolute Gasteiger partial charge is 0.207 e. The quantitative estimate of drug-likeness (QED) is 0.321. The predicted molar refractivity (Wildman–Crippen MR) is 93.8 cm³/mol. The Morgan fingerprint density at radius 2 is 1.70 bits per heavy atom. The van der Waals surface area contributed by atoms with Gasteiger partial charge in [-0.3, -0.25) is 0 Å². The van der Waals surface area contributed by atoms with Crippen LogP contribution in [0.1, 0.15) is 39.5 Å². The lowest BCUT2D eigenvalue weighted by Gasteiger charge is -2.22. The fourth-order valence-electron chi connectivity index (χ4n) is 2.00. The van der Waals surface area contributed by atoms with Crippen LogP contribution in [0.25, 0.3) is 10.4 Å². The molecule has 0 radical (unpaired) electrons. The number of sulfonamides is 1. The van der Waals surface area contributed by atoms with E-state index in [4.69, 9.17) is 28.7 Å². The summed E-state index contributed by atoms with van der Waals surface area (Å²) in [7, 11) is -3.75. The van der Waals surface area contributed by atoms with E-state index < -0.39 is 10.0 Å². The van der Waals surface area contributed by atoms with Crippen LogP contribution in [0.2, 0.25) is 10.0 Å². The average Bonchev–Trinajstić information content (AvgIpc) is 2.50. The number of rotatable bonds is 9. The molecule has 0 aliphatic carbocycles. The summed E-state index contributed by atoms with van der Waals surface area (Å²) in [5.74, 6) is 0. The van der Waals surface area contributed by atoms with Gasteiger partial charge in [-0.25, -0.2) is 8.42 Å². The van der Waals surface area contributed by atoms with Crippen molar-refractivity contribution in [1.29, 1.82) is 0 Å².